The highest BCUT2D eigenvalue weighted by molar-refractivity contribution is 7.89. The molecule has 2 atom stereocenters. The van der Waals surface area contributed by atoms with Crippen LogP contribution in [0.4, 0.5) is 0 Å². The van der Waals surface area contributed by atoms with E-state index < -0.39 is 10.0 Å². The van der Waals surface area contributed by atoms with Gasteiger partial charge in [0.1, 0.15) is 0 Å². The number of alkyl halides is 1. The van der Waals surface area contributed by atoms with E-state index in [9.17, 15) is 8.42 Å². The highest BCUT2D eigenvalue weighted by Gasteiger charge is 2.35. The fourth-order valence-electron chi connectivity index (χ4n) is 2.52. The van der Waals surface area contributed by atoms with E-state index in [1.807, 2.05) is 26.8 Å². The predicted molar refractivity (Wildman–Crippen MR) is 84.1 cm³/mol. The number of sulfonamides is 1. The molecule has 1 aliphatic heterocycles. The zero-order chi connectivity index (χ0) is 15.6. The molecule has 1 saturated heterocycles. The topological polar surface area (TPSA) is 46.6 Å². The Hall–Kier alpha value is -0.620. The summed E-state index contributed by atoms with van der Waals surface area (Å²) < 4.78 is 33.0. The molecule has 1 aromatic carbocycles. The summed E-state index contributed by atoms with van der Waals surface area (Å²) in [5.41, 5.74) is 1.86. The summed E-state index contributed by atoms with van der Waals surface area (Å²) in [5.74, 6) is 0.311. The van der Waals surface area contributed by atoms with Gasteiger partial charge in [-0.1, -0.05) is 13.0 Å². The van der Waals surface area contributed by atoms with Crippen molar-refractivity contribution in [3.63, 3.8) is 0 Å². The van der Waals surface area contributed by atoms with Crippen molar-refractivity contribution >= 4 is 21.6 Å². The number of aryl methyl sites for hydroxylation is 1. The fourth-order valence-corrected chi connectivity index (χ4v) is 4.62. The monoisotopic (exact) mass is 331 g/mol. The molecule has 4 nitrogen and oxygen atoms in total. The number of halogens is 1. The van der Waals surface area contributed by atoms with E-state index in [4.69, 9.17) is 16.3 Å². The van der Waals surface area contributed by atoms with Gasteiger partial charge in [-0.2, -0.15) is 4.31 Å². The number of hydrogen-bond donors (Lipinski definition) is 0. The molecule has 1 aromatic rings. The van der Waals surface area contributed by atoms with Crippen LogP contribution in [0.25, 0.3) is 0 Å². The molecule has 1 aliphatic rings. The second kappa shape index (κ2) is 6.65. The predicted octanol–water partition coefficient (Wildman–Crippen LogP) is 2.92. The molecule has 0 N–H and O–H groups in total. The minimum absolute atomic E-state index is 0.0829. The largest absolute Gasteiger partial charge is 0.375 e. The number of hydrogen-bond acceptors (Lipinski definition) is 3. The van der Waals surface area contributed by atoms with Crippen molar-refractivity contribution in [1.29, 1.82) is 0 Å². The second-order valence-corrected chi connectivity index (χ2v) is 7.66. The highest BCUT2D eigenvalue weighted by Crippen LogP contribution is 2.26. The molecular weight excluding hydrogens is 310 g/mol. The Kier molecular flexibility index (Phi) is 5.30. The highest BCUT2D eigenvalue weighted by atomic mass is 35.5. The van der Waals surface area contributed by atoms with Crippen molar-refractivity contribution in [1.82, 2.24) is 4.31 Å². The van der Waals surface area contributed by atoms with Gasteiger partial charge < -0.3 is 4.74 Å². The van der Waals surface area contributed by atoms with E-state index in [0.29, 0.717) is 23.9 Å². The van der Waals surface area contributed by atoms with Gasteiger partial charge in [0.2, 0.25) is 10.0 Å². The zero-order valence-electron chi connectivity index (χ0n) is 12.7. The first-order valence-electron chi connectivity index (χ1n) is 7.19. The number of nitrogens with zero attached hydrogens (tertiary/aromatic N) is 1. The Bertz CT molecular complexity index is 603. The second-order valence-electron chi connectivity index (χ2n) is 5.50. The van der Waals surface area contributed by atoms with Gasteiger partial charge in [0.05, 0.1) is 17.6 Å². The van der Waals surface area contributed by atoms with Gasteiger partial charge >= 0.3 is 0 Å². The Morgan fingerprint density at radius 2 is 2.14 bits per heavy atom. The van der Waals surface area contributed by atoms with E-state index >= 15 is 0 Å². The van der Waals surface area contributed by atoms with Gasteiger partial charge in [-0.05, 0) is 43.5 Å². The molecule has 1 fully saturated rings. The lowest BCUT2D eigenvalue weighted by atomic mass is 10.1. The number of morpholine rings is 1. The molecular formula is C15H22ClNO3S. The summed E-state index contributed by atoms with van der Waals surface area (Å²) in [6, 6.07) is 5.06. The Balaban J connectivity index is 2.40. The van der Waals surface area contributed by atoms with Crippen molar-refractivity contribution < 1.29 is 13.2 Å². The average Bonchev–Trinajstić information content (AvgIpc) is 2.47. The summed E-state index contributed by atoms with van der Waals surface area (Å²) in [6.45, 7) is 6.65. The van der Waals surface area contributed by atoms with Crippen LogP contribution in [0.1, 0.15) is 31.4 Å². The van der Waals surface area contributed by atoms with Crippen LogP contribution in [0.15, 0.2) is 23.1 Å². The van der Waals surface area contributed by atoms with Gasteiger partial charge in [-0.15, -0.1) is 11.6 Å². The molecule has 0 aliphatic carbocycles. The third-order valence-corrected chi connectivity index (χ3v) is 6.16. The van der Waals surface area contributed by atoms with Crippen molar-refractivity contribution in [2.75, 3.05) is 13.2 Å². The lowest BCUT2D eigenvalue weighted by Crippen LogP contribution is -2.51. The summed E-state index contributed by atoms with van der Waals surface area (Å²) in [7, 11) is -3.51. The molecule has 0 radical (unpaired) electrons. The fraction of sp³-hybridized carbons (Fsp3) is 0.600. The zero-order valence-corrected chi connectivity index (χ0v) is 14.2. The van der Waals surface area contributed by atoms with E-state index in [0.717, 1.165) is 17.5 Å². The summed E-state index contributed by atoms with van der Waals surface area (Å²) in [4.78, 5) is 0.316. The van der Waals surface area contributed by atoms with Crippen LogP contribution in [0.3, 0.4) is 0 Å². The van der Waals surface area contributed by atoms with Gasteiger partial charge in [0.25, 0.3) is 0 Å². The van der Waals surface area contributed by atoms with E-state index in [1.165, 1.54) is 0 Å². The maximum Gasteiger partial charge on any atom is 0.243 e. The average molecular weight is 332 g/mol. The molecule has 118 valence electrons. The first kappa shape index (κ1) is 16.7. The quantitative estimate of drug-likeness (QED) is 0.797. The summed E-state index contributed by atoms with van der Waals surface area (Å²) in [5, 5.41) is 0. The molecule has 6 heteroatoms. The molecule has 0 bridgehead atoms. The maximum absolute atomic E-state index is 12.9. The third kappa shape index (κ3) is 3.42. The normalized spacial score (nSPS) is 24.2. The van der Waals surface area contributed by atoms with Crippen LogP contribution in [-0.2, 0) is 20.6 Å². The first-order chi connectivity index (χ1) is 9.90. The van der Waals surface area contributed by atoms with Crippen LogP contribution in [0.5, 0.6) is 0 Å². The lowest BCUT2D eigenvalue weighted by Gasteiger charge is -2.37. The van der Waals surface area contributed by atoms with E-state index in [2.05, 4.69) is 0 Å². The van der Waals surface area contributed by atoms with Crippen molar-refractivity contribution in [3.8, 4) is 0 Å². The van der Waals surface area contributed by atoms with Gasteiger partial charge in [0.15, 0.2) is 0 Å². The smallest absolute Gasteiger partial charge is 0.243 e. The van der Waals surface area contributed by atoms with Gasteiger partial charge in [0, 0.05) is 18.5 Å². The van der Waals surface area contributed by atoms with Gasteiger partial charge in [-0.25, -0.2) is 8.42 Å². The number of benzene rings is 1. The van der Waals surface area contributed by atoms with Crippen LogP contribution in [0, 0.1) is 6.92 Å². The van der Waals surface area contributed by atoms with Gasteiger partial charge in [-0.3, -0.25) is 0 Å². The minimum atomic E-state index is -3.51. The lowest BCUT2D eigenvalue weighted by molar-refractivity contribution is -0.0230. The van der Waals surface area contributed by atoms with Crippen molar-refractivity contribution in [3.05, 3.63) is 29.3 Å². The SMILES string of the molecule is CCC1COC(C)CN1S(=O)(=O)c1ccc(C)c(CCl)c1. The van der Waals surface area contributed by atoms with E-state index in [-0.39, 0.29) is 12.1 Å². The Morgan fingerprint density at radius 3 is 2.76 bits per heavy atom. The van der Waals surface area contributed by atoms with Crippen LogP contribution < -0.4 is 0 Å². The molecule has 0 amide bonds. The molecule has 2 unspecified atom stereocenters. The first-order valence-corrected chi connectivity index (χ1v) is 9.16. The van der Waals surface area contributed by atoms with Crippen LogP contribution in [0.2, 0.25) is 0 Å². The molecule has 0 spiro atoms. The van der Waals surface area contributed by atoms with Crippen molar-refractivity contribution in [2.24, 2.45) is 0 Å². The number of rotatable bonds is 4. The third-order valence-electron chi connectivity index (χ3n) is 3.96. The molecule has 0 aromatic heterocycles. The Labute approximate surface area is 132 Å². The molecule has 2 rings (SSSR count). The Morgan fingerprint density at radius 1 is 1.43 bits per heavy atom. The van der Waals surface area contributed by atoms with Crippen LogP contribution >= 0.6 is 11.6 Å². The van der Waals surface area contributed by atoms with Crippen molar-refractivity contribution in [2.45, 2.75) is 50.1 Å². The molecule has 1 heterocycles. The summed E-state index contributed by atoms with van der Waals surface area (Å²) >= 11 is 5.89. The maximum atomic E-state index is 12.9. The summed E-state index contributed by atoms with van der Waals surface area (Å²) in [6.07, 6.45) is 0.653. The molecule has 0 saturated carbocycles. The number of ether oxygens (including phenoxy) is 1. The van der Waals surface area contributed by atoms with Crippen LogP contribution in [-0.4, -0.2) is 38.0 Å². The standard InChI is InChI=1S/C15H22ClNO3S/c1-4-14-10-20-12(3)9-17(14)21(18,19)15-6-5-11(2)13(7-15)8-16/h5-7,12,14H,4,8-10H2,1-3H3. The minimum Gasteiger partial charge on any atom is -0.375 e. The molecule has 21 heavy (non-hydrogen) atoms. The van der Waals surface area contributed by atoms with E-state index in [1.54, 1.807) is 16.4 Å².